The zero-order valence-electron chi connectivity index (χ0n) is 37.4. The van der Waals surface area contributed by atoms with Crippen LogP contribution in [-0.2, 0) is 10.8 Å². The van der Waals surface area contributed by atoms with Crippen LogP contribution >= 0.6 is 0 Å². The van der Waals surface area contributed by atoms with Gasteiger partial charge in [0.15, 0.2) is 11.6 Å². The summed E-state index contributed by atoms with van der Waals surface area (Å²) in [5.41, 5.74) is 15.1. The molecule has 1 unspecified atom stereocenters. The van der Waals surface area contributed by atoms with Crippen molar-refractivity contribution in [1.82, 2.24) is 24.1 Å². The molecule has 1 aliphatic rings. The lowest BCUT2D eigenvalue weighted by Gasteiger charge is -2.46. The first-order chi connectivity index (χ1) is 31.6. The Balaban J connectivity index is 1.13. The number of para-hydroxylation sites is 2. The molecule has 5 heteroatoms. The van der Waals surface area contributed by atoms with Gasteiger partial charge in [0, 0.05) is 38.4 Å². The summed E-state index contributed by atoms with van der Waals surface area (Å²) in [5.74, 6) is 2.40. The molecule has 0 amide bonds. The van der Waals surface area contributed by atoms with Gasteiger partial charge in [0.25, 0.3) is 0 Å². The molecule has 0 saturated heterocycles. The highest BCUT2D eigenvalue weighted by molar-refractivity contribution is 6.23. The van der Waals surface area contributed by atoms with Crippen molar-refractivity contribution in [2.24, 2.45) is 5.92 Å². The third kappa shape index (κ3) is 6.24. The van der Waals surface area contributed by atoms with Crippen LogP contribution < -0.4 is 0 Å². The maximum atomic E-state index is 5.42. The second-order valence-electron chi connectivity index (χ2n) is 19.2. The zero-order valence-corrected chi connectivity index (χ0v) is 37.4. The molecule has 0 spiro atoms. The van der Waals surface area contributed by atoms with Crippen molar-refractivity contribution in [3.63, 3.8) is 0 Å². The largest absolute Gasteiger partial charge is 0.307 e. The number of hydrogen-bond donors (Lipinski definition) is 0. The van der Waals surface area contributed by atoms with Crippen LogP contribution in [0.1, 0.15) is 52.2 Å². The molecular weight excluding hydrogens is 791 g/mol. The van der Waals surface area contributed by atoms with Crippen molar-refractivity contribution in [3.8, 4) is 56.7 Å². The van der Waals surface area contributed by atoms with E-state index in [0.29, 0.717) is 23.5 Å². The third-order valence-electron chi connectivity index (χ3n) is 14.5. The fraction of sp³-hybridized carbons (Fsp3) is 0.150. The maximum absolute atomic E-state index is 5.42. The summed E-state index contributed by atoms with van der Waals surface area (Å²) in [6.45, 7) is 12.1. The predicted octanol–water partition coefficient (Wildman–Crippen LogP) is 15.3. The first kappa shape index (κ1) is 39.0. The molecule has 1 atom stereocenters. The Hall–Kier alpha value is -7.63. The predicted molar refractivity (Wildman–Crippen MR) is 270 cm³/mol. The smallest absolute Gasteiger partial charge is 0.238 e. The van der Waals surface area contributed by atoms with E-state index >= 15 is 0 Å². The molecule has 0 radical (unpaired) electrons. The molecule has 3 aromatic heterocycles. The van der Waals surface area contributed by atoms with Crippen molar-refractivity contribution in [2.45, 2.75) is 51.9 Å². The number of nitrogens with zero attached hydrogens (tertiary/aromatic N) is 5. The molecule has 0 aliphatic heterocycles. The van der Waals surface area contributed by atoms with E-state index in [1.165, 1.54) is 33.0 Å². The summed E-state index contributed by atoms with van der Waals surface area (Å²) in [7, 11) is 0. The average molecular weight is 840 g/mol. The molecule has 12 rings (SSSR count). The fourth-order valence-electron chi connectivity index (χ4n) is 10.8. The minimum atomic E-state index is 0.0870. The Morgan fingerprint density at radius 1 is 0.415 bits per heavy atom. The van der Waals surface area contributed by atoms with E-state index in [4.69, 9.17) is 15.0 Å². The van der Waals surface area contributed by atoms with Crippen LogP contribution in [-0.4, -0.2) is 24.1 Å². The van der Waals surface area contributed by atoms with Gasteiger partial charge in [0.05, 0.1) is 22.1 Å². The minimum Gasteiger partial charge on any atom is -0.307 e. The Morgan fingerprint density at radius 3 is 1.63 bits per heavy atom. The van der Waals surface area contributed by atoms with E-state index in [-0.39, 0.29) is 10.8 Å². The summed E-state index contributed by atoms with van der Waals surface area (Å²) in [6, 6.07) is 67.6. The number of fused-ring (bicyclic) bond motifs is 8. The normalized spacial score (nSPS) is 15.5. The third-order valence-corrected chi connectivity index (χ3v) is 14.5. The number of rotatable bonds is 6. The summed E-state index contributed by atoms with van der Waals surface area (Å²) in [6.07, 6.45) is 1.16. The maximum Gasteiger partial charge on any atom is 0.238 e. The van der Waals surface area contributed by atoms with Gasteiger partial charge in [-0.15, -0.1) is 0 Å². The SMILES string of the molecule is CC1CC(C)(C)c2cc(-c3cccc(-n4c5ccccc5c5ccc6c7ccccc7n(-c7nc(-c8ccccc8)nc(-c8cccc(-c9ccccc9)c8)n7)c6c54)c3)ccc2C1(C)C. The van der Waals surface area contributed by atoms with E-state index in [2.05, 4.69) is 208 Å². The van der Waals surface area contributed by atoms with Gasteiger partial charge in [-0.25, -0.2) is 4.98 Å². The van der Waals surface area contributed by atoms with Crippen molar-refractivity contribution in [1.29, 1.82) is 0 Å². The summed E-state index contributed by atoms with van der Waals surface area (Å²) in [5, 5.41) is 4.63. The topological polar surface area (TPSA) is 48.5 Å². The van der Waals surface area contributed by atoms with Crippen LogP contribution in [0.25, 0.3) is 100 Å². The lowest BCUT2D eigenvalue weighted by atomic mass is 9.58. The van der Waals surface area contributed by atoms with Crippen molar-refractivity contribution in [2.75, 3.05) is 0 Å². The van der Waals surface area contributed by atoms with Crippen molar-refractivity contribution in [3.05, 3.63) is 199 Å². The Kier molecular flexibility index (Phi) is 8.83. The Morgan fingerprint density at radius 2 is 0.938 bits per heavy atom. The molecule has 3 heterocycles. The van der Waals surface area contributed by atoms with Gasteiger partial charge in [0.2, 0.25) is 5.95 Å². The van der Waals surface area contributed by atoms with Crippen LogP contribution in [0.5, 0.6) is 0 Å². The minimum absolute atomic E-state index is 0.0870. The average Bonchev–Trinajstić information content (AvgIpc) is 3.87. The molecular formula is C60H49N5. The number of benzene rings is 8. The van der Waals surface area contributed by atoms with Crippen molar-refractivity contribution < 1.29 is 0 Å². The second-order valence-corrected chi connectivity index (χ2v) is 19.2. The molecule has 0 bridgehead atoms. The van der Waals surface area contributed by atoms with Crippen LogP contribution in [0.2, 0.25) is 0 Å². The van der Waals surface area contributed by atoms with Crippen LogP contribution in [0.3, 0.4) is 0 Å². The Labute approximate surface area is 379 Å². The van der Waals surface area contributed by atoms with Crippen molar-refractivity contribution >= 4 is 43.6 Å². The molecule has 0 fully saturated rings. The van der Waals surface area contributed by atoms with Gasteiger partial charge >= 0.3 is 0 Å². The highest BCUT2D eigenvalue weighted by Crippen LogP contribution is 2.50. The molecule has 8 aromatic carbocycles. The highest BCUT2D eigenvalue weighted by Gasteiger charge is 2.42. The lowest BCUT2D eigenvalue weighted by molar-refractivity contribution is 0.233. The molecule has 1 aliphatic carbocycles. The summed E-state index contributed by atoms with van der Waals surface area (Å²) in [4.78, 5) is 16.0. The lowest BCUT2D eigenvalue weighted by Crippen LogP contribution is -2.40. The highest BCUT2D eigenvalue weighted by atomic mass is 15.2. The molecule has 0 saturated carbocycles. The zero-order chi connectivity index (χ0) is 44.0. The fourth-order valence-corrected chi connectivity index (χ4v) is 10.8. The quantitative estimate of drug-likeness (QED) is 0.168. The van der Waals surface area contributed by atoms with E-state index in [1.807, 2.05) is 24.3 Å². The first-order valence-electron chi connectivity index (χ1n) is 22.8. The summed E-state index contributed by atoms with van der Waals surface area (Å²) >= 11 is 0. The van der Waals surface area contributed by atoms with Crippen LogP contribution in [0.4, 0.5) is 0 Å². The molecule has 314 valence electrons. The summed E-state index contributed by atoms with van der Waals surface area (Å²) < 4.78 is 4.74. The van der Waals surface area contributed by atoms with Gasteiger partial charge in [-0.3, -0.25) is 4.57 Å². The van der Waals surface area contributed by atoms with Crippen LogP contribution in [0.15, 0.2) is 188 Å². The van der Waals surface area contributed by atoms with Gasteiger partial charge in [-0.2, -0.15) is 9.97 Å². The van der Waals surface area contributed by atoms with E-state index in [9.17, 15) is 0 Å². The van der Waals surface area contributed by atoms with Crippen LogP contribution in [0, 0.1) is 5.92 Å². The molecule has 11 aromatic rings. The first-order valence-corrected chi connectivity index (χ1v) is 22.8. The van der Waals surface area contributed by atoms with E-state index in [1.54, 1.807) is 0 Å². The molecule has 5 nitrogen and oxygen atoms in total. The number of aromatic nitrogens is 5. The van der Waals surface area contributed by atoms with Gasteiger partial charge in [-0.05, 0) is 86.9 Å². The van der Waals surface area contributed by atoms with E-state index < -0.39 is 0 Å². The monoisotopic (exact) mass is 839 g/mol. The van der Waals surface area contributed by atoms with Gasteiger partial charge in [-0.1, -0.05) is 192 Å². The standard InChI is InChI=1S/C60H49N5/c1-38-37-59(2,3)51-36-43(30-33-50(51)60(38,4)5)42-23-17-25-45(35-42)64-52-28-14-12-26-46(52)48-31-32-49-47-27-13-15-29-53(47)65(55(49)54(48)64)58-62-56(40-20-10-7-11-21-40)61-57(63-58)44-24-16-22-41(34-44)39-18-8-6-9-19-39/h6-36,38H,37H2,1-5H3. The van der Waals surface area contributed by atoms with Gasteiger partial charge < -0.3 is 4.57 Å². The molecule has 0 N–H and O–H groups in total. The number of hydrogen-bond acceptors (Lipinski definition) is 3. The van der Waals surface area contributed by atoms with E-state index in [0.717, 1.165) is 67.2 Å². The Bertz CT molecular complexity index is 3650. The molecule has 65 heavy (non-hydrogen) atoms. The van der Waals surface area contributed by atoms with Gasteiger partial charge in [0.1, 0.15) is 0 Å². The second kappa shape index (κ2) is 14.7.